The van der Waals surface area contributed by atoms with E-state index in [0.29, 0.717) is 19.3 Å². The molecule has 0 aliphatic rings. The number of aliphatic hydroxyl groups excluding tert-OH is 2. The summed E-state index contributed by atoms with van der Waals surface area (Å²) in [6.07, 6.45) is 66.0. The summed E-state index contributed by atoms with van der Waals surface area (Å²) < 4.78 is 5.95. The Kier molecular flexibility index (Phi) is 52.0. The van der Waals surface area contributed by atoms with Crippen LogP contribution in [0.3, 0.4) is 0 Å². The molecular formula is C60H111NO5. The molecule has 0 spiro atoms. The van der Waals surface area contributed by atoms with Crippen LogP contribution >= 0.6 is 0 Å². The highest BCUT2D eigenvalue weighted by molar-refractivity contribution is 5.77. The predicted molar refractivity (Wildman–Crippen MR) is 287 cm³/mol. The van der Waals surface area contributed by atoms with Crippen LogP contribution in [0.15, 0.2) is 48.6 Å². The van der Waals surface area contributed by atoms with Crippen LogP contribution in [0.5, 0.6) is 0 Å². The van der Waals surface area contributed by atoms with Gasteiger partial charge in [-0.25, -0.2) is 0 Å². The van der Waals surface area contributed by atoms with E-state index in [1.807, 2.05) is 0 Å². The molecule has 0 bridgehead atoms. The van der Waals surface area contributed by atoms with Crippen molar-refractivity contribution in [1.29, 1.82) is 0 Å². The summed E-state index contributed by atoms with van der Waals surface area (Å²) in [6, 6.07) is -0.708. The van der Waals surface area contributed by atoms with Crippen LogP contribution < -0.4 is 5.32 Å². The van der Waals surface area contributed by atoms with E-state index in [4.69, 9.17) is 4.74 Å². The number of aliphatic hydroxyl groups is 2. The molecule has 386 valence electrons. The smallest absolute Gasteiger partial charge is 0.306 e. The number of esters is 1. The Bertz CT molecular complexity index is 1130. The molecule has 3 atom stereocenters. The lowest BCUT2D eigenvalue weighted by Crippen LogP contribution is -2.46. The largest absolute Gasteiger partial charge is 0.462 e. The summed E-state index contributed by atoms with van der Waals surface area (Å²) in [7, 11) is 0. The minimum absolute atomic E-state index is 0.0668. The third kappa shape index (κ3) is 48.3. The first-order chi connectivity index (χ1) is 32.5. The van der Waals surface area contributed by atoms with Crippen molar-refractivity contribution < 1.29 is 24.5 Å². The molecule has 0 radical (unpaired) electrons. The van der Waals surface area contributed by atoms with Crippen LogP contribution in [-0.4, -0.2) is 46.9 Å². The molecule has 0 fully saturated rings. The molecule has 66 heavy (non-hydrogen) atoms. The first kappa shape index (κ1) is 63.8. The van der Waals surface area contributed by atoms with E-state index in [1.165, 1.54) is 161 Å². The zero-order valence-electron chi connectivity index (χ0n) is 44.1. The van der Waals surface area contributed by atoms with Crippen molar-refractivity contribution in [2.45, 2.75) is 315 Å². The Morgan fingerprint density at radius 2 is 0.818 bits per heavy atom. The fourth-order valence-electron chi connectivity index (χ4n) is 8.79. The first-order valence-electron chi connectivity index (χ1n) is 28.9. The number of carbonyl (C=O) groups is 2. The monoisotopic (exact) mass is 926 g/mol. The molecule has 0 aromatic heterocycles. The number of hydrogen-bond acceptors (Lipinski definition) is 5. The lowest BCUT2D eigenvalue weighted by Gasteiger charge is -2.24. The summed E-state index contributed by atoms with van der Waals surface area (Å²) in [4.78, 5) is 26.3. The lowest BCUT2D eigenvalue weighted by atomic mass is 10.0. The Balaban J connectivity index is 4.57. The van der Waals surface area contributed by atoms with E-state index in [0.717, 1.165) is 89.9 Å². The zero-order valence-corrected chi connectivity index (χ0v) is 44.1. The minimum atomic E-state index is -0.793. The molecule has 0 aromatic rings. The van der Waals surface area contributed by atoms with Crippen molar-refractivity contribution in [2.24, 2.45) is 0 Å². The van der Waals surface area contributed by atoms with Gasteiger partial charge in [0, 0.05) is 6.42 Å². The highest BCUT2D eigenvalue weighted by Crippen LogP contribution is 2.18. The molecule has 0 aliphatic heterocycles. The van der Waals surface area contributed by atoms with Crippen molar-refractivity contribution in [3.05, 3.63) is 48.6 Å². The molecule has 0 heterocycles. The molecule has 0 saturated heterocycles. The average Bonchev–Trinajstić information content (AvgIpc) is 3.31. The van der Waals surface area contributed by atoms with E-state index < -0.39 is 18.2 Å². The van der Waals surface area contributed by atoms with Crippen molar-refractivity contribution in [1.82, 2.24) is 5.32 Å². The summed E-state index contributed by atoms with van der Waals surface area (Å²) in [5, 5.41) is 23.9. The van der Waals surface area contributed by atoms with Gasteiger partial charge in [0.15, 0.2) is 0 Å². The van der Waals surface area contributed by atoms with Crippen molar-refractivity contribution in [3.8, 4) is 0 Å². The van der Waals surface area contributed by atoms with Crippen LogP contribution in [0.1, 0.15) is 297 Å². The standard InChI is InChI=1S/C60H111NO5/c1-4-7-10-13-16-19-22-25-28-30-31-33-36-39-42-45-48-51-56(66-60(65)53-50-47-44-41-38-35-27-24-21-18-15-12-9-6-3)54-59(64)61-57(55-62)58(63)52-49-46-43-40-37-34-32-29-26-23-20-17-14-11-8-5-2/h9,12,18,21,25,27-28,35,56-58,62-63H,4-8,10-11,13-17,19-20,22-24,26,29-34,36-55H2,1-3H3,(H,61,64)/b12-9+,21-18+,28-25+,35-27+. The molecule has 0 aliphatic carbocycles. The Morgan fingerprint density at radius 3 is 1.26 bits per heavy atom. The molecule has 3 unspecified atom stereocenters. The predicted octanol–water partition coefficient (Wildman–Crippen LogP) is 17.8. The van der Waals surface area contributed by atoms with Gasteiger partial charge in [-0.2, -0.15) is 0 Å². The Morgan fingerprint density at radius 1 is 0.455 bits per heavy atom. The van der Waals surface area contributed by atoms with Crippen molar-refractivity contribution in [2.75, 3.05) is 6.61 Å². The van der Waals surface area contributed by atoms with E-state index in [9.17, 15) is 19.8 Å². The summed E-state index contributed by atoms with van der Waals surface area (Å²) in [5.74, 6) is -0.493. The number of nitrogens with one attached hydrogen (secondary N) is 1. The van der Waals surface area contributed by atoms with E-state index >= 15 is 0 Å². The number of unbranched alkanes of at least 4 members (excludes halogenated alkanes) is 32. The quantitative estimate of drug-likeness (QED) is 0.0321. The normalized spacial score (nSPS) is 13.5. The SMILES string of the molecule is CC/C=C/C/C=C/C/C=C/CCCCCCC(=O)OC(CCCCCCCCC/C=C/CCCCCCCC)CC(=O)NC(CO)C(O)CCCCCCCCCCCCCCCCCC. The molecule has 0 aromatic carbocycles. The molecule has 6 heteroatoms. The van der Waals surface area contributed by atoms with E-state index in [2.05, 4.69) is 74.7 Å². The van der Waals surface area contributed by atoms with E-state index in [1.54, 1.807) is 0 Å². The number of amides is 1. The van der Waals surface area contributed by atoms with Gasteiger partial charge in [0.25, 0.3) is 0 Å². The third-order valence-electron chi connectivity index (χ3n) is 13.1. The molecular weight excluding hydrogens is 815 g/mol. The maximum absolute atomic E-state index is 13.3. The topological polar surface area (TPSA) is 95.9 Å². The van der Waals surface area contributed by atoms with Crippen LogP contribution in [0.25, 0.3) is 0 Å². The van der Waals surface area contributed by atoms with Gasteiger partial charge in [0.05, 0.1) is 25.2 Å². The second-order valence-corrected chi connectivity index (χ2v) is 19.7. The summed E-state index contributed by atoms with van der Waals surface area (Å²) in [6.45, 7) is 6.39. The van der Waals surface area contributed by atoms with Gasteiger partial charge in [0.2, 0.25) is 5.91 Å². The summed E-state index contributed by atoms with van der Waals surface area (Å²) >= 11 is 0. The molecule has 3 N–H and O–H groups in total. The van der Waals surface area contributed by atoms with Gasteiger partial charge >= 0.3 is 5.97 Å². The lowest BCUT2D eigenvalue weighted by molar-refractivity contribution is -0.151. The Labute approximate surface area is 410 Å². The molecule has 0 saturated carbocycles. The van der Waals surface area contributed by atoms with Gasteiger partial charge < -0.3 is 20.3 Å². The van der Waals surface area contributed by atoms with Gasteiger partial charge in [0.1, 0.15) is 6.10 Å². The van der Waals surface area contributed by atoms with Gasteiger partial charge in [-0.1, -0.05) is 249 Å². The molecule has 6 nitrogen and oxygen atoms in total. The highest BCUT2D eigenvalue weighted by Gasteiger charge is 2.24. The maximum Gasteiger partial charge on any atom is 0.306 e. The zero-order chi connectivity index (χ0) is 48.1. The number of allylic oxidation sites excluding steroid dienone is 8. The summed E-state index contributed by atoms with van der Waals surface area (Å²) in [5.41, 5.74) is 0. The molecule has 1 amide bonds. The van der Waals surface area contributed by atoms with Crippen LogP contribution in [-0.2, 0) is 14.3 Å². The average molecular weight is 927 g/mol. The minimum Gasteiger partial charge on any atom is -0.462 e. The number of carbonyl (C=O) groups excluding carboxylic acids is 2. The van der Waals surface area contributed by atoms with Crippen LogP contribution in [0.2, 0.25) is 0 Å². The van der Waals surface area contributed by atoms with E-state index in [-0.39, 0.29) is 24.9 Å². The number of ether oxygens (including phenoxy) is 1. The van der Waals surface area contributed by atoms with Crippen LogP contribution in [0.4, 0.5) is 0 Å². The fraction of sp³-hybridized carbons (Fsp3) is 0.833. The van der Waals surface area contributed by atoms with Gasteiger partial charge in [-0.3, -0.25) is 9.59 Å². The van der Waals surface area contributed by atoms with Gasteiger partial charge in [-0.15, -0.1) is 0 Å². The van der Waals surface area contributed by atoms with Gasteiger partial charge in [-0.05, 0) is 83.5 Å². The third-order valence-corrected chi connectivity index (χ3v) is 13.1. The van der Waals surface area contributed by atoms with Crippen molar-refractivity contribution in [3.63, 3.8) is 0 Å². The molecule has 0 rings (SSSR count). The number of hydrogen-bond donors (Lipinski definition) is 3. The Hall–Kier alpha value is -2.18. The number of rotatable bonds is 52. The van der Waals surface area contributed by atoms with Crippen molar-refractivity contribution >= 4 is 11.9 Å². The second kappa shape index (κ2) is 53.8. The first-order valence-corrected chi connectivity index (χ1v) is 28.9. The second-order valence-electron chi connectivity index (χ2n) is 19.7. The van der Waals surface area contributed by atoms with Crippen LogP contribution in [0, 0.1) is 0 Å². The highest BCUT2D eigenvalue weighted by atomic mass is 16.5. The fourth-order valence-corrected chi connectivity index (χ4v) is 8.79. The maximum atomic E-state index is 13.3.